The van der Waals surface area contributed by atoms with Crippen molar-refractivity contribution in [2.24, 2.45) is 0 Å². The van der Waals surface area contributed by atoms with E-state index < -0.39 is 0 Å². The molecule has 1 saturated heterocycles. The average Bonchev–Trinajstić information content (AvgIpc) is 2.89. The van der Waals surface area contributed by atoms with E-state index in [9.17, 15) is 4.79 Å². The molecule has 0 bridgehead atoms. The number of ether oxygens (including phenoxy) is 2. The summed E-state index contributed by atoms with van der Waals surface area (Å²) in [5, 5.41) is 3.08. The number of amides is 1. The van der Waals surface area contributed by atoms with Gasteiger partial charge in [-0.25, -0.2) is 0 Å². The summed E-state index contributed by atoms with van der Waals surface area (Å²) in [6.45, 7) is 5.48. The monoisotopic (exact) mass is 459 g/mol. The van der Waals surface area contributed by atoms with Crippen LogP contribution in [0.1, 0.15) is 16.7 Å². The third-order valence-electron chi connectivity index (χ3n) is 6.33. The molecule has 1 N–H and O–H groups in total. The first-order valence-electron chi connectivity index (χ1n) is 11.7. The van der Waals surface area contributed by atoms with Crippen molar-refractivity contribution in [3.05, 3.63) is 89.5 Å². The number of carbonyl (C=O) groups excluding carboxylic acids is 1. The zero-order chi connectivity index (χ0) is 23.8. The van der Waals surface area contributed by atoms with Crippen molar-refractivity contribution >= 4 is 11.6 Å². The van der Waals surface area contributed by atoms with Crippen LogP contribution in [0.3, 0.4) is 0 Å². The summed E-state index contributed by atoms with van der Waals surface area (Å²) in [6, 6.07) is 24.5. The highest BCUT2D eigenvalue weighted by Crippen LogP contribution is 2.25. The fourth-order valence-electron chi connectivity index (χ4n) is 4.36. The minimum Gasteiger partial charge on any atom is -0.497 e. The van der Waals surface area contributed by atoms with Crippen LogP contribution in [0, 0.1) is 0 Å². The lowest BCUT2D eigenvalue weighted by molar-refractivity contribution is -0.120. The van der Waals surface area contributed by atoms with Gasteiger partial charge >= 0.3 is 0 Å². The third-order valence-corrected chi connectivity index (χ3v) is 6.33. The molecule has 1 aliphatic rings. The maximum atomic E-state index is 12.7. The van der Waals surface area contributed by atoms with Crippen molar-refractivity contribution in [2.75, 3.05) is 45.3 Å². The van der Waals surface area contributed by atoms with E-state index in [-0.39, 0.29) is 12.3 Å². The smallest absolute Gasteiger partial charge is 0.224 e. The van der Waals surface area contributed by atoms with Gasteiger partial charge in [-0.1, -0.05) is 48.5 Å². The number of methoxy groups -OCH3 is 2. The lowest BCUT2D eigenvalue weighted by atomic mass is 10.1. The summed E-state index contributed by atoms with van der Waals surface area (Å²) in [4.78, 5) is 17.6. The molecule has 0 radical (unpaired) electrons. The van der Waals surface area contributed by atoms with Crippen molar-refractivity contribution in [2.45, 2.75) is 19.5 Å². The molecule has 0 saturated carbocycles. The molecule has 3 aromatic rings. The molecule has 0 unspecified atom stereocenters. The Labute approximate surface area is 202 Å². The normalized spacial score (nSPS) is 14.0. The van der Waals surface area contributed by atoms with E-state index >= 15 is 0 Å². The molecule has 1 amide bonds. The first kappa shape index (κ1) is 23.6. The van der Waals surface area contributed by atoms with Gasteiger partial charge in [0, 0.05) is 56.6 Å². The molecule has 1 aliphatic heterocycles. The van der Waals surface area contributed by atoms with Crippen LogP contribution < -0.4 is 19.7 Å². The molecule has 1 fully saturated rings. The van der Waals surface area contributed by atoms with Crippen LogP contribution in [-0.4, -0.2) is 51.2 Å². The highest BCUT2D eigenvalue weighted by Gasteiger charge is 2.18. The summed E-state index contributed by atoms with van der Waals surface area (Å²) >= 11 is 0. The standard InChI is InChI=1S/C28H33N3O3/c1-33-26-13-12-22(27(19-26)34-2)18-28(32)29-20-23-8-6-7-9-24(23)21-30-14-16-31(17-15-30)25-10-4-3-5-11-25/h3-13,19H,14-18,20-21H2,1-2H3,(H,29,32). The Morgan fingerprint density at radius 1 is 0.824 bits per heavy atom. The van der Waals surface area contributed by atoms with Gasteiger partial charge in [0.1, 0.15) is 11.5 Å². The van der Waals surface area contributed by atoms with Gasteiger partial charge in [-0.2, -0.15) is 0 Å². The van der Waals surface area contributed by atoms with Crippen LogP contribution in [0.5, 0.6) is 11.5 Å². The lowest BCUT2D eigenvalue weighted by Crippen LogP contribution is -2.46. The Kier molecular flexibility index (Phi) is 8.04. The van der Waals surface area contributed by atoms with E-state index in [4.69, 9.17) is 9.47 Å². The molecule has 0 spiro atoms. The number of rotatable bonds is 9. The molecular formula is C28H33N3O3. The minimum atomic E-state index is -0.0326. The number of nitrogens with one attached hydrogen (secondary N) is 1. The Hall–Kier alpha value is -3.51. The number of hydrogen-bond donors (Lipinski definition) is 1. The molecule has 4 rings (SSSR count). The molecule has 0 atom stereocenters. The SMILES string of the molecule is COc1ccc(CC(=O)NCc2ccccc2CN2CCN(c3ccccc3)CC2)c(OC)c1. The number of piperazine rings is 1. The highest BCUT2D eigenvalue weighted by molar-refractivity contribution is 5.79. The molecule has 0 aromatic heterocycles. The van der Waals surface area contributed by atoms with Crippen LogP contribution in [0.2, 0.25) is 0 Å². The molecule has 178 valence electrons. The van der Waals surface area contributed by atoms with Gasteiger partial charge in [0.25, 0.3) is 0 Å². The van der Waals surface area contributed by atoms with E-state index in [1.807, 2.05) is 18.2 Å². The van der Waals surface area contributed by atoms with Crippen LogP contribution >= 0.6 is 0 Å². The summed E-state index contributed by atoms with van der Waals surface area (Å²) < 4.78 is 10.7. The number of para-hydroxylation sites is 1. The van der Waals surface area contributed by atoms with Crippen molar-refractivity contribution in [1.29, 1.82) is 0 Å². The van der Waals surface area contributed by atoms with Crippen molar-refractivity contribution in [1.82, 2.24) is 10.2 Å². The Morgan fingerprint density at radius 3 is 2.24 bits per heavy atom. The highest BCUT2D eigenvalue weighted by atomic mass is 16.5. The zero-order valence-corrected chi connectivity index (χ0v) is 20.0. The van der Waals surface area contributed by atoms with Crippen molar-refractivity contribution in [3.8, 4) is 11.5 Å². The number of benzene rings is 3. The molecular weight excluding hydrogens is 426 g/mol. The molecule has 1 heterocycles. The van der Waals surface area contributed by atoms with E-state index in [1.165, 1.54) is 11.3 Å². The number of hydrogen-bond acceptors (Lipinski definition) is 5. The molecule has 34 heavy (non-hydrogen) atoms. The van der Waals surface area contributed by atoms with Crippen LogP contribution in [0.25, 0.3) is 0 Å². The first-order valence-corrected chi connectivity index (χ1v) is 11.7. The Morgan fingerprint density at radius 2 is 1.53 bits per heavy atom. The maximum Gasteiger partial charge on any atom is 0.224 e. The fraction of sp³-hybridized carbons (Fsp3) is 0.321. The predicted octanol–water partition coefficient (Wildman–Crippen LogP) is 3.88. The minimum absolute atomic E-state index is 0.0326. The second-order valence-electron chi connectivity index (χ2n) is 8.50. The lowest BCUT2D eigenvalue weighted by Gasteiger charge is -2.36. The predicted molar refractivity (Wildman–Crippen MR) is 135 cm³/mol. The summed E-state index contributed by atoms with van der Waals surface area (Å²) in [5.41, 5.74) is 4.55. The summed E-state index contributed by atoms with van der Waals surface area (Å²) in [6.07, 6.45) is 0.261. The first-order chi connectivity index (χ1) is 16.7. The van der Waals surface area contributed by atoms with Crippen molar-refractivity contribution in [3.63, 3.8) is 0 Å². The topological polar surface area (TPSA) is 54.0 Å². The molecule has 3 aromatic carbocycles. The van der Waals surface area contributed by atoms with Crippen LogP contribution in [0.4, 0.5) is 5.69 Å². The number of carbonyl (C=O) groups is 1. The largest absolute Gasteiger partial charge is 0.497 e. The second kappa shape index (κ2) is 11.6. The molecule has 6 heteroatoms. The van der Waals surface area contributed by atoms with Gasteiger partial charge in [0.2, 0.25) is 5.91 Å². The Balaban J connectivity index is 1.31. The van der Waals surface area contributed by atoms with Gasteiger partial charge in [0.05, 0.1) is 20.6 Å². The molecule has 6 nitrogen and oxygen atoms in total. The summed E-state index contributed by atoms with van der Waals surface area (Å²) in [7, 11) is 3.22. The van der Waals surface area contributed by atoms with E-state index in [1.54, 1.807) is 20.3 Å². The van der Waals surface area contributed by atoms with Gasteiger partial charge in [-0.15, -0.1) is 0 Å². The van der Waals surface area contributed by atoms with Crippen LogP contribution in [0.15, 0.2) is 72.8 Å². The van der Waals surface area contributed by atoms with Gasteiger partial charge < -0.3 is 19.7 Å². The van der Waals surface area contributed by atoms with Gasteiger partial charge in [-0.3, -0.25) is 9.69 Å². The zero-order valence-electron chi connectivity index (χ0n) is 20.0. The van der Waals surface area contributed by atoms with Crippen molar-refractivity contribution < 1.29 is 14.3 Å². The van der Waals surface area contributed by atoms with Gasteiger partial charge in [0.15, 0.2) is 0 Å². The Bertz CT molecular complexity index is 1080. The van der Waals surface area contributed by atoms with Gasteiger partial charge in [-0.05, 0) is 29.3 Å². The summed E-state index contributed by atoms with van der Waals surface area (Å²) in [5.74, 6) is 1.33. The second-order valence-corrected chi connectivity index (χ2v) is 8.50. The average molecular weight is 460 g/mol. The van der Waals surface area contributed by atoms with E-state index in [0.717, 1.165) is 43.9 Å². The fourth-order valence-corrected chi connectivity index (χ4v) is 4.36. The third kappa shape index (κ3) is 6.08. The number of nitrogens with zero attached hydrogens (tertiary/aromatic N) is 2. The van der Waals surface area contributed by atoms with Crippen LogP contribution in [-0.2, 0) is 24.3 Å². The van der Waals surface area contributed by atoms with E-state index in [2.05, 4.69) is 63.6 Å². The molecule has 0 aliphatic carbocycles. The maximum absolute atomic E-state index is 12.7. The quantitative estimate of drug-likeness (QED) is 0.526. The van der Waals surface area contributed by atoms with E-state index in [0.29, 0.717) is 18.0 Å². The number of anilines is 1.